The minimum Gasteiger partial charge on any atom is -0.493 e. The van der Waals surface area contributed by atoms with Crippen molar-refractivity contribution in [2.45, 2.75) is 6.92 Å². The molecule has 0 saturated heterocycles. The van der Waals surface area contributed by atoms with Crippen LogP contribution in [0, 0.1) is 10.1 Å². The first-order valence-corrected chi connectivity index (χ1v) is 9.05. The van der Waals surface area contributed by atoms with E-state index in [-0.39, 0.29) is 30.2 Å². The Morgan fingerprint density at radius 2 is 1.90 bits per heavy atom. The van der Waals surface area contributed by atoms with E-state index in [1.165, 1.54) is 24.2 Å². The fraction of sp³-hybridized carbons (Fsp3) is 0.238. The predicted molar refractivity (Wildman–Crippen MR) is 110 cm³/mol. The Morgan fingerprint density at radius 1 is 1.20 bits per heavy atom. The number of benzene rings is 2. The number of esters is 1. The second-order valence-corrected chi connectivity index (χ2v) is 5.92. The monoisotopic (exact) mass is 414 g/mol. The molecule has 0 unspecified atom stereocenters. The summed E-state index contributed by atoms with van der Waals surface area (Å²) in [5.74, 6) is -1.26. The standard InChI is InChI=1S/C21H22N2O7/c1-4-11-22(15-9-7-6-8-10-15)20(24)14-30-21(25)16-12-19(29-5-2)18(28-3)13-17(16)23(26)27/h4,6-10,12-13H,1,5,11,14H2,2-3H3. The zero-order valence-electron chi connectivity index (χ0n) is 16.7. The van der Waals surface area contributed by atoms with Crippen molar-refractivity contribution in [3.63, 3.8) is 0 Å². The van der Waals surface area contributed by atoms with Gasteiger partial charge in [-0.25, -0.2) is 4.79 Å². The van der Waals surface area contributed by atoms with Gasteiger partial charge in [-0.05, 0) is 19.1 Å². The second kappa shape index (κ2) is 10.6. The van der Waals surface area contributed by atoms with Gasteiger partial charge in [0.15, 0.2) is 18.1 Å². The van der Waals surface area contributed by atoms with Crippen LogP contribution >= 0.6 is 0 Å². The fourth-order valence-electron chi connectivity index (χ4n) is 2.66. The van der Waals surface area contributed by atoms with Gasteiger partial charge in [0.05, 0.1) is 24.7 Å². The number of para-hydroxylation sites is 1. The molecule has 0 saturated carbocycles. The Kier molecular flexibility index (Phi) is 7.92. The van der Waals surface area contributed by atoms with Crippen LogP contribution in [0.5, 0.6) is 11.5 Å². The maximum atomic E-state index is 12.6. The highest BCUT2D eigenvalue weighted by Crippen LogP contribution is 2.35. The van der Waals surface area contributed by atoms with Crippen LogP contribution in [0.25, 0.3) is 0 Å². The van der Waals surface area contributed by atoms with Gasteiger partial charge in [-0.15, -0.1) is 6.58 Å². The Balaban J connectivity index is 2.24. The van der Waals surface area contributed by atoms with Gasteiger partial charge in [0.1, 0.15) is 5.56 Å². The number of methoxy groups -OCH3 is 1. The van der Waals surface area contributed by atoms with E-state index in [1.54, 1.807) is 37.3 Å². The largest absolute Gasteiger partial charge is 0.493 e. The number of amides is 1. The minimum atomic E-state index is -1.02. The van der Waals surface area contributed by atoms with Crippen LogP contribution in [-0.4, -0.2) is 43.7 Å². The lowest BCUT2D eigenvalue weighted by atomic mass is 10.1. The van der Waals surface area contributed by atoms with Crippen molar-refractivity contribution in [2.24, 2.45) is 0 Å². The zero-order valence-corrected chi connectivity index (χ0v) is 16.7. The van der Waals surface area contributed by atoms with Gasteiger partial charge in [0.25, 0.3) is 11.6 Å². The average molecular weight is 414 g/mol. The van der Waals surface area contributed by atoms with Gasteiger partial charge in [-0.1, -0.05) is 24.3 Å². The highest BCUT2D eigenvalue weighted by atomic mass is 16.6. The van der Waals surface area contributed by atoms with E-state index in [0.29, 0.717) is 5.69 Å². The van der Waals surface area contributed by atoms with Crippen LogP contribution in [0.2, 0.25) is 0 Å². The van der Waals surface area contributed by atoms with E-state index in [0.717, 1.165) is 6.07 Å². The highest BCUT2D eigenvalue weighted by molar-refractivity contribution is 5.99. The molecule has 1 amide bonds. The number of nitrogens with zero attached hydrogens (tertiary/aromatic N) is 2. The van der Waals surface area contributed by atoms with Crippen molar-refractivity contribution < 1.29 is 28.7 Å². The van der Waals surface area contributed by atoms with E-state index in [9.17, 15) is 19.7 Å². The van der Waals surface area contributed by atoms with Crippen molar-refractivity contribution in [1.82, 2.24) is 0 Å². The summed E-state index contributed by atoms with van der Waals surface area (Å²) in [6.07, 6.45) is 1.54. The number of hydrogen-bond acceptors (Lipinski definition) is 7. The van der Waals surface area contributed by atoms with Crippen LogP contribution in [0.15, 0.2) is 55.1 Å². The molecular formula is C21H22N2O7. The number of rotatable bonds is 10. The van der Waals surface area contributed by atoms with Crippen LogP contribution < -0.4 is 14.4 Å². The topological polar surface area (TPSA) is 108 Å². The molecule has 30 heavy (non-hydrogen) atoms. The average Bonchev–Trinajstić information content (AvgIpc) is 2.75. The smallest absolute Gasteiger partial charge is 0.345 e. The summed E-state index contributed by atoms with van der Waals surface area (Å²) in [6.45, 7) is 5.20. The van der Waals surface area contributed by atoms with Gasteiger partial charge in [0.2, 0.25) is 0 Å². The zero-order chi connectivity index (χ0) is 22.1. The maximum Gasteiger partial charge on any atom is 0.345 e. The molecule has 0 fully saturated rings. The van der Waals surface area contributed by atoms with Crippen LogP contribution in [0.1, 0.15) is 17.3 Å². The van der Waals surface area contributed by atoms with E-state index in [4.69, 9.17) is 14.2 Å². The molecule has 0 atom stereocenters. The second-order valence-electron chi connectivity index (χ2n) is 5.92. The third-order valence-electron chi connectivity index (χ3n) is 4.01. The number of hydrogen-bond donors (Lipinski definition) is 0. The van der Waals surface area contributed by atoms with Gasteiger partial charge >= 0.3 is 5.97 Å². The SMILES string of the molecule is C=CCN(C(=O)COC(=O)c1cc(OCC)c(OC)cc1[N+](=O)[O-])c1ccccc1. The Hall–Kier alpha value is -3.88. The molecule has 0 bridgehead atoms. The quantitative estimate of drug-likeness (QED) is 0.254. The molecule has 0 heterocycles. The van der Waals surface area contributed by atoms with Crippen molar-refractivity contribution in [1.29, 1.82) is 0 Å². The molecule has 2 aromatic rings. The molecule has 0 N–H and O–H groups in total. The number of anilines is 1. The van der Waals surface area contributed by atoms with E-state index >= 15 is 0 Å². The summed E-state index contributed by atoms with van der Waals surface area (Å²) in [6, 6.07) is 11.0. The van der Waals surface area contributed by atoms with Gasteiger partial charge in [-0.3, -0.25) is 14.9 Å². The summed E-state index contributed by atoms with van der Waals surface area (Å²) in [5.41, 5.74) is -0.252. The Morgan fingerprint density at radius 3 is 2.47 bits per heavy atom. The van der Waals surface area contributed by atoms with E-state index in [1.807, 2.05) is 0 Å². The molecule has 9 heteroatoms. The summed E-state index contributed by atoms with van der Waals surface area (Å²) in [5, 5.41) is 11.4. The number of nitro benzene ring substituents is 1. The van der Waals surface area contributed by atoms with Crippen molar-refractivity contribution in [3.8, 4) is 11.5 Å². The molecule has 0 aliphatic rings. The summed E-state index contributed by atoms with van der Waals surface area (Å²) >= 11 is 0. The summed E-state index contributed by atoms with van der Waals surface area (Å²) < 4.78 is 15.5. The lowest BCUT2D eigenvalue weighted by molar-refractivity contribution is -0.385. The van der Waals surface area contributed by atoms with Gasteiger partial charge in [0, 0.05) is 18.3 Å². The summed E-state index contributed by atoms with van der Waals surface area (Å²) in [7, 11) is 1.33. The van der Waals surface area contributed by atoms with Crippen LogP contribution in [-0.2, 0) is 9.53 Å². The molecule has 0 aromatic heterocycles. The van der Waals surface area contributed by atoms with Crippen LogP contribution in [0.3, 0.4) is 0 Å². The molecule has 0 spiro atoms. The highest BCUT2D eigenvalue weighted by Gasteiger charge is 2.27. The Bertz CT molecular complexity index is 928. The lowest BCUT2D eigenvalue weighted by Crippen LogP contribution is -2.34. The Labute approximate surface area is 173 Å². The third kappa shape index (κ3) is 5.34. The van der Waals surface area contributed by atoms with Crippen LogP contribution in [0.4, 0.5) is 11.4 Å². The molecule has 2 rings (SSSR count). The lowest BCUT2D eigenvalue weighted by Gasteiger charge is -2.21. The number of carbonyl (C=O) groups is 2. The fourth-order valence-corrected chi connectivity index (χ4v) is 2.66. The molecule has 0 aliphatic carbocycles. The first-order valence-electron chi connectivity index (χ1n) is 9.05. The number of carbonyl (C=O) groups excluding carboxylic acids is 2. The molecule has 2 aromatic carbocycles. The molecule has 0 aliphatic heterocycles. The molecular weight excluding hydrogens is 392 g/mol. The maximum absolute atomic E-state index is 12.6. The van der Waals surface area contributed by atoms with Gasteiger partial charge < -0.3 is 19.1 Å². The van der Waals surface area contributed by atoms with Crippen molar-refractivity contribution >= 4 is 23.3 Å². The third-order valence-corrected chi connectivity index (χ3v) is 4.01. The molecule has 0 radical (unpaired) electrons. The minimum absolute atomic E-state index is 0.109. The van der Waals surface area contributed by atoms with Crippen molar-refractivity contribution in [3.05, 3.63) is 70.8 Å². The van der Waals surface area contributed by atoms with E-state index in [2.05, 4.69) is 6.58 Å². The van der Waals surface area contributed by atoms with Gasteiger partial charge in [-0.2, -0.15) is 0 Å². The van der Waals surface area contributed by atoms with Crippen molar-refractivity contribution in [2.75, 3.05) is 31.8 Å². The van der Waals surface area contributed by atoms with E-state index < -0.39 is 29.1 Å². The normalized spacial score (nSPS) is 10.1. The number of nitro groups is 1. The first-order chi connectivity index (χ1) is 14.4. The molecule has 158 valence electrons. The summed E-state index contributed by atoms with van der Waals surface area (Å²) in [4.78, 5) is 37.2. The molecule has 9 nitrogen and oxygen atoms in total. The first kappa shape index (κ1) is 22.4. The number of ether oxygens (including phenoxy) is 3. The predicted octanol–water partition coefficient (Wildman–Crippen LogP) is 3.38.